The lowest BCUT2D eigenvalue weighted by atomic mass is 9.91. The van der Waals surface area contributed by atoms with Crippen molar-refractivity contribution >= 4 is 11.8 Å². The van der Waals surface area contributed by atoms with Gasteiger partial charge in [0.2, 0.25) is 5.91 Å². The largest absolute Gasteiger partial charge is 0.273 e. The average Bonchev–Trinajstić information content (AvgIpc) is 2.65. The summed E-state index contributed by atoms with van der Waals surface area (Å²) < 4.78 is 0. The van der Waals surface area contributed by atoms with Gasteiger partial charge < -0.3 is 0 Å². The molecule has 1 fully saturated rings. The summed E-state index contributed by atoms with van der Waals surface area (Å²) in [5.41, 5.74) is 5.75. The highest BCUT2D eigenvalue weighted by Gasteiger charge is 2.28. The molecule has 4 nitrogen and oxygen atoms in total. The first-order valence-corrected chi connectivity index (χ1v) is 8.92. The summed E-state index contributed by atoms with van der Waals surface area (Å²) >= 11 is 0. The van der Waals surface area contributed by atoms with Gasteiger partial charge in [0.1, 0.15) is 0 Å². The van der Waals surface area contributed by atoms with E-state index < -0.39 is 0 Å². The van der Waals surface area contributed by atoms with Crippen molar-refractivity contribution in [1.29, 1.82) is 0 Å². The zero-order chi connectivity index (χ0) is 17.6. The zero-order valence-corrected chi connectivity index (χ0v) is 14.6. The van der Waals surface area contributed by atoms with Gasteiger partial charge >= 0.3 is 0 Å². The second-order valence-corrected chi connectivity index (χ2v) is 6.54. The fourth-order valence-electron chi connectivity index (χ4n) is 3.30. The minimum atomic E-state index is -0.222. The van der Waals surface area contributed by atoms with Crippen LogP contribution in [0.5, 0.6) is 0 Å². The highest BCUT2D eigenvalue weighted by Crippen LogP contribution is 2.26. The van der Waals surface area contributed by atoms with Crippen molar-refractivity contribution in [3.8, 4) is 0 Å². The van der Waals surface area contributed by atoms with E-state index in [0.717, 1.165) is 24.8 Å². The van der Waals surface area contributed by atoms with Gasteiger partial charge in [-0.3, -0.25) is 20.0 Å². The van der Waals surface area contributed by atoms with E-state index in [1.807, 2.05) is 36.4 Å². The molecule has 4 heteroatoms. The van der Waals surface area contributed by atoms with Gasteiger partial charge in [-0.05, 0) is 36.1 Å². The monoisotopic (exact) mass is 336 g/mol. The molecule has 0 radical (unpaired) electrons. The standard InChI is InChI=1S/C21H24N2O2/c1-2-7-16-8-6-11-18(14-16)21(25)22-23-15-19(12-13-20(23)24)17-9-4-3-5-10-17/h3-6,8-11,14,19H,2,7,12-13,15H2,1H3,(H,22,25). The van der Waals surface area contributed by atoms with Crippen molar-refractivity contribution in [2.45, 2.75) is 38.5 Å². The smallest absolute Gasteiger partial charge is 0.269 e. The molecule has 0 saturated carbocycles. The molecule has 0 aromatic heterocycles. The van der Waals surface area contributed by atoms with Crippen molar-refractivity contribution < 1.29 is 9.59 Å². The molecule has 2 aromatic carbocycles. The summed E-state index contributed by atoms with van der Waals surface area (Å²) in [6.07, 6.45) is 3.26. The number of hydrogen-bond acceptors (Lipinski definition) is 2. The Labute approximate surface area is 148 Å². The van der Waals surface area contributed by atoms with Crippen LogP contribution in [0.1, 0.15) is 53.6 Å². The lowest BCUT2D eigenvalue weighted by Gasteiger charge is -2.32. The van der Waals surface area contributed by atoms with Crippen molar-refractivity contribution in [2.24, 2.45) is 0 Å². The van der Waals surface area contributed by atoms with Crippen LogP contribution >= 0.6 is 0 Å². The Balaban J connectivity index is 1.69. The lowest BCUT2D eigenvalue weighted by Crippen LogP contribution is -2.50. The highest BCUT2D eigenvalue weighted by atomic mass is 16.2. The third-order valence-corrected chi connectivity index (χ3v) is 4.65. The molecule has 1 unspecified atom stereocenters. The molecule has 1 N–H and O–H groups in total. The lowest BCUT2D eigenvalue weighted by molar-refractivity contribution is -0.136. The molecular formula is C21H24N2O2. The summed E-state index contributed by atoms with van der Waals surface area (Å²) in [7, 11) is 0. The summed E-state index contributed by atoms with van der Waals surface area (Å²) in [6.45, 7) is 2.63. The van der Waals surface area contributed by atoms with Crippen LogP contribution in [0.25, 0.3) is 0 Å². The number of amides is 2. The number of benzene rings is 2. The van der Waals surface area contributed by atoms with Crippen molar-refractivity contribution in [3.63, 3.8) is 0 Å². The van der Waals surface area contributed by atoms with E-state index in [0.29, 0.717) is 18.5 Å². The Bertz CT molecular complexity index is 743. The topological polar surface area (TPSA) is 49.4 Å². The molecular weight excluding hydrogens is 312 g/mol. The van der Waals surface area contributed by atoms with Crippen LogP contribution in [0.15, 0.2) is 54.6 Å². The van der Waals surface area contributed by atoms with Crippen LogP contribution in [0, 0.1) is 0 Å². The molecule has 0 spiro atoms. The first kappa shape index (κ1) is 17.2. The number of piperidine rings is 1. The second-order valence-electron chi connectivity index (χ2n) is 6.54. The molecule has 1 aliphatic rings. The fourth-order valence-corrected chi connectivity index (χ4v) is 3.30. The maximum atomic E-state index is 12.6. The predicted molar refractivity (Wildman–Crippen MR) is 98.0 cm³/mol. The minimum absolute atomic E-state index is 0.0229. The number of nitrogens with zero attached hydrogens (tertiary/aromatic N) is 1. The van der Waals surface area contributed by atoms with Crippen LogP contribution in [-0.2, 0) is 11.2 Å². The van der Waals surface area contributed by atoms with E-state index in [1.54, 1.807) is 6.07 Å². The number of carbonyl (C=O) groups excluding carboxylic acids is 2. The highest BCUT2D eigenvalue weighted by molar-refractivity contribution is 5.95. The normalized spacial score (nSPS) is 17.4. The van der Waals surface area contributed by atoms with Gasteiger partial charge in [0.15, 0.2) is 0 Å². The third kappa shape index (κ3) is 4.27. The maximum absolute atomic E-state index is 12.6. The Morgan fingerprint density at radius 1 is 1.16 bits per heavy atom. The number of hydrazine groups is 1. The summed E-state index contributed by atoms with van der Waals surface area (Å²) in [4.78, 5) is 24.8. The van der Waals surface area contributed by atoms with Gasteiger partial charge in [-0.1, -0.05) is 55.8 Å². The Morgan fingerprint density at radius 3 is 2.72 bits per heavy atom. The van der Waals surface area contributed by atoms with Crippen LogP contribution < -0.4 is 5.43 Å². The van der Waals surface area contributed by atoms with Gasteiger partial charge in [0.05, 0.1) is 0 Å². The summed E-state index contributed by atoms with van der Waals surface area (Å²) in [5, 5.41) is 1.48. The van der Waals surface area contributed by atoms with E-state index in [1.165, 1.54) is 10.6 Å². The summed E-state index contributed by atoms with van der Waals surface area (Å²) in [5.74, 6) is 0.0101. The molecule has 1 saturated heterocycles. The van der Waals surface area contributed by atoms with Crippen molar-refractivity contribution in [2.75, 3.05) is 6.54 Å². The Hall–Kier alpha value is -2.62. The van der Waals surface area contributed by atoms with E-state index in [-0.39, 0.29) is 17.7 Å². The van der Waals surface area contributed by atoms with Crippen LogP contribution in [0.2, 0.25) is 0 Å². The van der Waals surface area contributed by atoms with Crippen LogP contribution in [0.3, 0.4) is 0 Å². The average molecular weight is 336 g/mol. The first-order valence-electron chi connectivity index (χ1n) is 8.92. The van der Waals surface area contributed by atoms with E-state index in [2.05, 4.69) is 24.5 Å². The molecule has 1 heterocycles. The molecule has 2 aromatic rings. The molecule has 3 rings (SSSR count). The van der Waals surface area contributed by atoms with Crippen LogP contribution in [0.4, 0.5) is 0 Å². The number of aryl methyl sites for hydroxylation is 1. The minimum Gasteiger partial charge on any atom is -0.273 e. The molecule has 0 bridgehead atoms. The number of rotatable bonds is 5. The summed E-state index contributed by atoms with van der Waals surface area (Å²) in [6, 6.07) is 17.8. The van der Waals surface area contributed by atoms with Gasteiger partial charge in [0, 0.05) is 24.4 Å². The SMILES string of the molecule is CCCc1cccc(C(=O)NN2CC(c3ccccc3)CCC2=O)c1. The Morgan fingerprint density at radius 2 is 1.96 bits per heavy atom. The molecule has 1 aliphatic heterocycles. The first-order chi connectivity index (χ1) is 12.2. The van der Waals surface area contributed by atoms with Gasteiger partial charge in [0.25, 0.3) is 5.91 Å². The predicted octanol–water partition coefficient (Wildman–Crippen LogP) is 3.69. The maximum Gasteiger partial charge on any atom is 0.269 e. The van der Waals surface area contributed by atoms with Gasteiger partial charge in [-0.15, -0.1) is 0 Å². The van der Waals surface area contributed by atoms with Gasteiger partial charge in [-0.25, -0.2) is 0 Å². The molecule has 0 aliphatic carbocycles. The second kappa shape index (κ2) is 7.97. The fraction of sp³-hybridized carbons (Fsp3) is 0.333. The van der Waals surface area contributed by atoms with E-state index >= 15 is 0 Å². The third-order valence-electron chi connectivity index (χ3n) is 4.65. The quantitative estimate of drug-likeness (QED) is 0.905. The van der Waals surface area contributed by atoms with E-state index in [9.17, 15) is 9.59 Å². The molecule has 25 heavy (non-hydrogen) atoms. The van der Waals surface area contributed by atoms with Crippen LogP contribution in [-0.4, -0.2) is 23.4 Å². The van der Waals surface area contributed by atoms with Crippen molar-refractivity contribution in [3.05, 3.63) is 71.3 Å². The van der Waals surface area contributed by atoms with Gasteiger partial charge in [-0.2, -0.15) is 0 Å². The number of nitrogens with one attached hydrogen (secondary N) is 1. The number of carbonyl (C=O) groups is 2. The van der Waals surface area contributed by atoms with E-state index in [4.69, 9.17) is 0 Å². The molecule has 1 atom stereocenters. The molecule has 2 amide bonds. The molecule has 130 valence electrons. The van der Waals surface area contributed by atoms with Crippen molar-refractivity contribution in [1.82, 2.24) is 10.4 Å². The Kier molecular flexibility index (Phi) is 5.49. The number of hydrogen-bond donors (Lipinski definition) is 1. The zero-order valence-electron chi connectivity index (χ0n) is 14.6.